The molecular weight excluding hydrogens is 414 g/mol. The molecule has 0 fully saturated rings. The van der Waals surface area contributed by atoms with Gasteiger partial charge in [0.15, 0.2) is 0 Å². The molecule has 5 nitrogen and oxygen atoms in total. The molecule has 4 rings (SSSR count). The minimum atomic E-state index is -0.193. The first-order valence-electron chi connectivity index (χ1n) is 10.7. The lowest BCUT2D eigenvalue weighted by Gasteiger charge is -2.11. The molecule has 1 heterocycles. The van der Waals surface area contributed by atoms with Crippen LogP contribution in [-0.4, -0.2) is 20.1 Å². The van der Waals surface area contributed by atoms with E-state index in [2.05, 4.69) is 5.32 Å². The maximum atomic E-state index is 12.7. The number of hydrogen-bond donors (Lipinski definition) is 1. The number of aryl methyl sites for hydroxylation is 2. The van der Waals surface area contributed by atoms with Crippen LogP contribution in [0.25, 0.3) is 27.7 Å². The molecule has 0 aliphatic carbocycles. The van der Waals surface area contributed by atoms with E-state index in [9.17, 15) is 4.79 Å². The van der Waals surface area contributed by atoms with Crippen molar-refractivity contribution in [1.82, 2.24) is 0 Å². The fourth-order valence-corrected chi connectivity index (χ4v) is 3.94. The Morgan fingerprint density at radius 2 is 1.82 bits per heavy atom. The summed E-state index contributed by atoms with van der Waals surface area (Å²) in [4.78, 5) is 12.7. The van der Waals surface area contributed by atoms with Gasteiger partial charge >= 0.3 is 0 Å². The van der Waals surface area contributed by atoms with Crippen LogP contribution in [0, 0.1) is 13.8 Å². The number of allylic oxidation sites excluding steroid dienone is 1. The predicted octanol–water partition coefficient (Wildman–Crippen LogP) is 6.78. The topological polar surface area (TPSA) is 60.7 Å². The Morgan fingerprint density at radius 1 is 1.00 bits per heavy atom. The molecule has 0 unspecified atom stereocenters. The average Bonchev–Trinajstić information content (AvgIpc) is 3.23. The van der Waals surface area contributed by atoms with Gasteiger partial charge in [0.1, 0.15) is 17.1 Å². The minimum Gasteiger partial charge on any atom is -0.497 e. The van der Waals surface area contributed by atoms with Crippen molar-refractivity contribution in [3.63, 3.8) is 0 Å². The number of benzene rings is 3. The number of rotatable bonds is 6. The van der Waals surface area contributed by atoms with Gasteiger partial charge in [-0.2, -0.15) is 0 Å². The van der Waals surface area contributed by atoms with Gasteiger partial charge in [-0.05, 0) is 61.7 Å². The first-order valence-corrected chi connectivity index (χ1v) is 10.7. The van der Waals surface area contributed by atoms with Crippen LogP contribution in [0.1, 0.15) is 23.6 Å². The summed E-state index contributed by atoms with van der Waals surface area (Å²) in [6.07, 6.45) is 3.32. The second-order valence-corrected chi connectivity index (χ2v) is 8.06. The molecule has 168 valence electrons. The number of amides is 1. The fourth-order valence-electron chi connectivity index (χ4n) is 3.94. The van der Waals surface area contributed by atoms with Crippen LogP contribution in [0.3, 0.4) is 0 Å². The van der Waals surface area contributed by atoms with Crippen LogP contribution in [0.5, 0.6) is 11.5 Å². The number of fused-ring (bicyclic) bond motifs is 1. The van der Waals surface area contributed by atoms with Crippen LogP contribution in [0.4, 0.5) is 5.69 Å². The van der Waals surface area contributed by atoms with E-state index in [1.807, 2.05) is 75.4 Å². The Balaban J connectivity index is 1.71. The molecular formula is C28H27NO4. The average molecular weight is 442 g/mol. The van der Waals surface area contributed by atoms with Gasteiger partial charge in [-0.15, -0.1) is 0 Å². The molecule has 0 atom stereocenters. The van der Waals surface area contributed by atoms with Gasteiger partial charge < -0.3 is 19.2 Å². The molecule has 1 aromatic heterocycles. The third-order valence-corrected chi connectivity index (χ3v) is 5.69. The maximum Gasteiger partial charge on any atom is 0.248 e. The highest BCUT2D eigenvalue weighted by Gasteiger charge is 2.15. The van der Waals surface area contributed by atoms with E-state index in [1.165, 1.54) is 0 Å². The summed E-state index contributed by atoms with van der Waals surface area (Å²) in [7, 11) is 3.26. The highest BCUT2D eigenvalue weighted by atomic mass is 16.5. The first-order chi connectivity index (χ1) is 15.9. The number of nitrogens with one attached hydrogen (secondary N) is 1. The lowest BCUT2D eigenvalue weighted by Crippen LogP contribution is -2.10. The number of anilines is 1. The number of carbonyl (C=O) groups is 1. The Morgan fingerprint density at radius 3 is 2.55 bits per heavy atom. The first kappa shape index (κ1) is 22.2. The predicted molar refractivity (Wildman–Crippen MR) is 133 cm³/mol. The lowest BCUT2D eigenvalue weighted by atomic mass is 9.99. The van der Waals surface area contributed by atoms with Crippen molar-refractivity contribution in [3.8, 4) is 22.6 Å². The molecule has 4 aromatic rings. The van der Waals surface area contributed by atoms with E-state index in [4.69, 9.17) is 13.9 Å². The smallest absolute Gasteiger partial charge is 0.248 e. The van der Waals surface area contributed by atoms with E-state index in [1.54, 1.807) is 26.6 Å². The number of methoxy groups -OCH3 is 2. The molecule has 0 aliphatic rings. The van der Waals surface area contributed by atoms with Crippen molar-refractivity contribution in [2.24, 2.45) is 0 Å². The number of hydrogen-bond acceptors (Lipinski definition) is 4. The quantitative estimate of drug-likeness (QED) is 0.335. The van der Waals surface area contributed by atoms with E-state index >= 15 is 0 Å². The summed E-state index contributed by atoms with van der Waals surface area (Å²) in [6.45, 7) is 5.91. The van der Waals surface area contributed by atoms with E-state index in [-0.39, 0.29) is 5.91 Å². The normalized spacial score (nSPS) is 11.5. The summed E-state index contributed by atoms with van der Waals surface area (Å²) in [5.41, 5.74) is 7.23. The van der Waals surface area contributed by atoms with E-state index in [0.29, 0.717) is 11.3 Å². The van der Waals surface area contributed by atoms with E-state index in [0.717, 1.165) is 50.2 Å². The molecule has 0 saturated heterocycles. The van der Waals surface area contributed by atoms with Crippen LogP contribution in [0.15, 0.2) is 71.4 Å². The monoisotopic (exact) mass is 441 g/mol. The molecule has 0 spiro atoms. The van der Waals surface area contributed by atoms with Crippen LogP contribution < -0.4 is 14.8 Å². The zero-order valence-electron chi connectivity index (χ0n) is 19.5. The molecule has 1 amide bonds. The number of carbonyl (C=O) groups excluding carboxylic acids is 1. The molecule has 0 saturated carbocycles. The van der Waals surface area contributed by atoms with Gasteiger partial charge in [0, 0.05) is 34.3 Å². The Bertz CT molecular complexity index is 1360. The minimum absolute atomic E-state index is 0.193. The van der Waals surface area contributed by atoms with Gasteiger partial charge in [-0.25, -0.2) is 0 Å². The summed E-state index contributed by atoms with van der Waals surface area (Å²) >= 11 is 0. The Hall–Kier alpha value is -3.99. The second-order valence-electron chi connectivity index (χ2n) is 8.06. The van der Waals surface area contributed by atoms with Crippen molar-refractivity contribution in [1.29, 1.82) is 0 Å². The number of ether oxygens (including phenoxy) is 2. The third-order valence-electron chi connectivity index (χ3n) is 5.69. The van der Waals surface area contributed by atoms with Crippen molar-refractivity contribution in [3.05, 3.63) is 83.6 Å². The highest BCUT2D eigenvalue weighted by molar-refractivity contribution is 6.05. The van der Waals surface area contributed by atoms with Gasteiger partial charge in [-0.1, -0.05) is 29.8 Å². The zero-order chi connectivity index (χ0) is 23.5. The van der Waals surface area contributed by atoms with Crippen LogP contribution in [-0.2, 0) is 4.79 Å². The van der Waals surface area contributed by atoms with Crippen molar-refractivity contribution in [2.45, 2.75) is 20.8 Å². The third kappa shape index (κ3) is 4.62. The SMILES string of the molecule is COc1cccc(-c2coc3cc(OC)c(/C(C)=C/C(=O)Nc4ccc(C)cc4C)cc23)c1. The lowest BCUT2D eigenvalue weighted by molar-refractivity contribution is -0.111. The molecule has 0 radical (unpaired) electrons. The Labute approximate surface area is 193 Å². The number of furan rings is 1. The van der Waals surface area contributed by atoms with Crippen molar-refractivity contribution < 1.29 is 18.7 Å². The van der Waals surface area contributed by atoms with Crippen LogP contribution in [0.2, 0.25) is 0 Å². The molecule has 0 bridgehead atoms. The molecule has 0 aliphatic heterocycles. The fraction of sp³-hybridized carbons (Fsp3) is 0.179. The zero-order valence-corrected chi connectivity index (χ0v) is 19.5. The van der Waals surface area contributed by atoms with Gasteiger partial charge in [0.05, 0.1) is 20.5 Å². The molecule has 5 heteroatoms. The summed E-state index contributed by atoms with van der Waals surface area (Å²) in [5, 5.41) is 3.90. The largest absolute Gasteiger partial charge is 0.497 e. The summed E-state index contributed by atoms with van der Waals surface area (Å²) in [6, 6.07) is 17.6. The molecule has 3 aromatic carbocycles. The van der Waals surface area contributed by atoms with Gasteiger partial charge in [0.2, 0.25) is 5.91 Å². The second kappa shape index (κ2) is 9.25. The maximum absolute atomic E-state index is 12.7. The summed E-state index contributed by atoms with van der Waals surface area (Å²) < 4.78 is 16.8. The van der Waals surface area contributed by atoms with E-state index < -0.39 is 0 Å². The molecule has 33 heavy (non-hydrogen) atoms. The van der Waals surface area contributed by atoms with Gasteiger partial charge in [0.25, 0.3) is 0 Å². The van der Waals surface area contributed by atoms with Gasteiger partial charge in [-0.3, -0.25) is 4.79 Å². The molecule has 1 N–H and O–H groups in total. The van der Waals surface area contributed by atoms with Crippen molar-refractivity contribution in [2.75, 3.05) is 19.5 Å². The standard InChI is InChI=1S/C28H27NO4/c1-17-9-10-25(19(3)11-17)29-28(30)12-18(2)22-14-23-24(16-33-27(23)15-26(22)32-5)20-7-6-8-21(13-20)31-4/h6-16H,1-5H3,(H,29,30)/b18-12+. The van der Waals surface area contributed by atoms with Crippen LogP contribution >= 0.6 is 0 Å². The van der Waals surface area contributed by atoms with Crippen molar-refractivity contribution >= 4 is 28.1 Å². The summed E-state index contributed by atoms with van der Waals surface area (Å²) in [5.74, 6) is 1.22. The highest BCUT2D eigenvalue weighted by Crippen LogP contribution is 2.38. The Kier molecular flexibility index (Phi) is 6.22.